The van der Waals surface area contributed by atoms with E-state index in [0.29, 0.717) is 28.6 Å². The van der Waals surface area contributed by atoms with Crippen molar-refractivity contribution in [1.29, 1.82) is 0 Å². The van der Waals surface area contributed by atoms with Gasteiger partial charge in [0.25, 0.3) is 0 Å². The second kappa shape index (κ2) is 5.66. The average Bonchev–Trinajstić information content (AvgIpc) is 2.49. The van der Waals surface area contributed by atoms with Crippen LogP contribution in [-0.4, -0.2) is 19.4 Å². The molecule has 0 aromatic heterocycles. The number of ether oxygens (including phenoxy) is 1. The maximum absolute atomic E-state index is 14.3. The Labute approximate surface area is 132 Å². The number of hydrogen-bond donors (Lipinski definition) is 0. The third-order valence-corrected chi connectivity index (χ3v) is 4.08. The van der Waals surface area contributed by atoms with E-state index in [0.717, 1.165) is 17.5 Å². The highest BCUT2D eigenvalue weighted by molar-refractivity contribution is 6.33. The molecule has 1 aliphatic heterocycles. The van der Waals surface area contributed by atoms with Gasteiger partial charge in [-0.1, -0.05) is 29.3 Å². The fourth-order valence-electron chi connectivity index (χ4n) is 2.47. The van der Waals surface area contributed by atoms with E-state index in [9.17, 15) is 4.39 Å². The number of methoxy groups -OCH3 is 1. The Kier molecular flexibility index (Phi) is 3.87. The first-order chi connectivity index (χ1) is 10.1. The molecule has 0 atom stereocenters. The van der Waals surface area contributed by atoms with Crippen molar-refractivity contribution in [2.24, 2.45) is 4.99 Å². The third-order valence-electron chi connectivity index (χ3n) is 3.49. The molecular formula is C16H12Cl2FNO. The first-order valence-corrected chi connectivity index (χ1v) is 7.23. The predicted molar refractivity (Wildman–Crippen MR) is 83.6 cm³/mol. The fourth-order valence-corrected chi connectivity index (χ4v) is 2.88. The fraction of sp³-hybridized carbons (Fsp3) is 0.188. The standard InChI is InChI=1S/C16H12Cl2FNO/c1-21-14-7-9-5-6-20-16(11(9)8-13(14)18)10-3-2-4-12(17)15(10)19/h2-4,7-8H,5-6H2,1H3. The largest absolute Gasteiger partial charge is 0.495 e. The molecule has 2 aromatic rings. The summed E-state index contributed by atoms with van der Waals surface area (Å²) in [6.07, 6.45) is 0.772. The minimum absolute atomic E-state index is 0.0851. The van der Waals surface area contributed by atoms with E-state index in [1.54, 1.807) is 25.3 Å². The van der Waals surface area contributed by atoms with Crippen molar-refractivity contribution in [3.63, 3.8) is 0 Å². The Morgan fingerprint density at radius 2 is 1.95 bits per heavy atom. The maximum atomic E-state index is 14.3. The molecule has 5 heteroatoms. The van der Waals surface area contributed by atoms with Gasteiger partial charge in [0.2, 0.25) is 0 Å². The number of fused-ring (bicyclic) bond motifs is 1. The summed E-state index contributed by atoms with van der Waals surface area (Å²) in [5.41, 5.74) is 2.85. The zero-order chi connectivity index (χ0) is 15.0. The highest BCUT2D eigenvalue weighted by atomic mass is 35.5. The monoisotopic (exact) mass is 323 g/mol. The Morgan fingerprint density at radius 3 is 2.71 bits per heavy atom. The van der Waals surface area contributed by atoms with E-state index >= 15 is 0 Å². The van der Waals surface area contributed by atoms with Gasteiger partial charge in [-0.25, -0.2) is 4.39 Å². The molecule has 2 aromatic carbocycles. The molecular weight excluding hydrogens is 312 g/mol. The van der Waals surface area contributed by atoms with Crippen LogP contribution >= 0.6 is 23.2 Å². The van der Waals surface area contributed by atoms with Gasteiger partial charge in [-0.3, -0.25) is 4.99 Å². The van der Waals surface area contributed by atoms with E-state index in [1.165, 1.54) is 6.07 Å². The third kappa shape index (κ3) is 2.52. The first-order valence-electron chi connectivity index (χ1n) is 6.47. The van der Waals surface area contributed by atoms with Gasteiger partial charge in [-0.15, -0.1) is 0 Å². The van der Waals surface area contributed by atoms with Crippen LogP contribution in [-0.2, 0) is 6.42 Å². The molecule has 0 bridgehead atoms. The number of rotatable bonds is 2. The molecule has 21 heavy (non-hydrogen) atoms. The average molecular weight is 324 g/mol. The number of halogens is 3. The van der Waals surface area contributed by atoms with Gasteiger partial charge >= 0.3 is 0 Å². The Hall–Kier alpha value is -1.58. The van der Waals surface area contributed by atoms with Gasteiger partial charge in [0.1, 0.15) is 5.75 Å². The lowest BCUT2D eigenvalue weighted by Crippen LogP contribution is -2.16. The summed E-state index contributed by atoms with van der Waals surface area (Å²) in [7, 11) is 1.57. The van der Waals surface area contributed by atoms with Crippen LogP contribution in [0.4, 0.5) is 4.39 Å². The molecule has 3 rings (SSSR count). The molecule has 0 saturated heterocycles. The molecule has 2 nitrogen and oxygen atoms in total. The molecule has 0 N–H and O–H groups in total. The van der Waals surface area contributed by atoms with Crippen LogP contribution in [0.2, 0.25) is 10.0 Å². The van der Waals surface area contributed by atoms with Crippen molar-refractivity contribution in [2.45, 2.75) is 6.42 Å². The summed E-state index contributed by atoms with van der Waals surface area (Å²) < 4.78 is 19.5. The van der Waals surface area contributed by atoms with Crippen LogP contribution in [0.15, 0.2) is 35.3 Å². The molecule has 0 radical (unpaired) electrons. The lowest BCUT2D eigenvalue weighted by molar-refractivity contribution is 0.414. The Bertz CT molecular complexity index is 743. The first kappa shape index (κ1) is 14.4. The lowest BCUT2D eigenvalue weighted by Gasteiger charge is -2.19. The van der Waals surface area contributed by atoms with Crippen molar-refractivity contribution >= 4 is 28.9 Å². The number of benzene rings is 2. The smallest absolute Gasteiger partial charge is 0.151 e. The summed E-state index contributed by atoms with van der Waals surface area (Å²) >= 11 is 12.0. The van der Waals surface area contributed by atoms with Crippen LogP contribution in [0.25, 0.3) is 0 Å². The van der Waals surface area contributed by atoms with E-state index in [4.69, 9.17) is 27.9 Å². The summed E-state index contributed by atoms with van der Waals surface area (Å²) in [5, 5.41) is 0.565. The highest BCUT2D eigenvalue weighted by Crippen LogP contribution is 2.32. The molecule has 0 aliphatic carbocycles. The summed E-state index contributed by atoms with van der Waals surface area (Å²) in [6.45, 7) is 0.596. The highest BCUT2D eigenvalue weighted by Gasteiger charge is 2.21. The molecule has 0 unspecified atom stereocenters. The molecule has 0 spiro atoms. The number of hydrogen-bond acceptors (Lipinski definition) is 2. The van der Waals surface area contributed by atoms with Gasteiger partial charge in [-0.2, -0.15) is 0 Å². The lowest BCUT2D eigenvalue weighted by atomic mass is 9.93. The maximum Gasteiger partial charge on any atom is 0.151 e. The molecule has 0 fully saturated rings. The van der Waals surface area contributed by atoms with Crippen LogP contribution in [0.1, 0.15) is 16.7 Å². The van der Waals surface area contributed by atoms with E-state index in [-0.39, 0.29) is 5.02 Å². The second-order valence-corrected chi connectivity index (χ2v) is 5.54. The van der Waals surface area contributed by atoms with Gasteiger partial charge in [0.15, 0.2) is 5.82 Å². The zero-order valence-corrected chi connectivity index (χ0v) is 12.8. The van der Waals surface area contributed by atoms with Gasteiger partial charge in [0.05, 0.1) is 22.9 Å². The summed E-state index contributed by atoms with van der Waals surface area (Å²) in [5.74, 6) is 0.154. The molecule has 0 saturated carbocycles. The van der Waals surface area contributed by atoms with E-state index in [1.807, 2.05) is 6.07 Å². The second-order valence-electron chi connectivity index (χ2n) is 4.73. The quantitative estimate of drug-likeness (QED) is 0.795. The van der Waals surface area contributed by atoms with Gasteiger partial charge in [-0.05, 0) is 36.2 Å². The van der Waals surface area contributed by atoms with Crippen LogP contribution in [0.3, 0.4) is 0 Å². The Balaban J connectivity index is 2.17. The van der Waals surface area contributed by atoms with Crippen molar-refractivity contribution in [3.05, 3.63) is 62.9 Å². The van der Waals surface area contributed by atoms with Crippen molar-refractivity contribution in [1.82, 2.24) is 0 Å². The van der Waals surface area contributed by atoms with Crippen molar-refractivity contribution < 1.29 is 9.13 Å². The number of nitrogens with zero attached hydrogens (tertiary/aromatic N) is 1. The SMILES string of the molecule is COc1cc2c(cc1Cl)C(c1cccc(Cl)c1F)=NCC2. The Morgan fingerprint density at radius 1 is 1.14 bits per heavy atom. The molecule has 108 valence electrons. The molecule has 1 aliphatic rings. The normalized spacial score (nSPS) is 13.6. The zero-order valence-electron chi connectivity index (χ0n) is 11.3. The topological polar surface area (TPSA) is 21.6 Å². The predicted octanol–water partition coefficient (Wildman–Crippen LogP) is 4.53. The van der Waals surface area contributed by atoms with Crippen LogP contribution < -0.4 is 4.74 Å². The molecule has 0 amide bonds. The van der Waals surface area contributed by atoms with Crippen LogP contribution in [0, 0.1) is 5.82 Å². The molecule has 1 heterocycles. The van der Waals surface area contributed by atoms with Gasteiger partial charge in [0, 0.05) is 17.7 Å². The van der Waals surface area contributed by atoms with Gasteiger partial charge < -0.3 is 4.74 Å². The summed E-state index contributed by atoms with van der Waals surface area (Å²) in [4.78, 5) is 4.46. The number of aliphatic imine (C=N–C) groups is 1. The minimum Gasteiger partial charge on any atom is -0.495 e. The van der Waals surface area contributed by atoms with Crippen molar-refractivity contribution in [2.75, 3.05) is 13.7 Å². The van der Waals surface area contributed by atoms with Crippen molar-refractivity contribution in [3.8, 4) is 5.75 Å². The van der Waals surface area contributed by atoms with E-state index < -0.39 is 5.82 Å². The van der Waals surface area contributed by atoms with Crippen LogP contribution in [0.5, 0.6) is 5.75 Å². The summed E-state index contributed by atoms with van der Waals surface area (Å²) in [6, 6.07) is 8.56. The van der Waals surface area contributed by atoms with E-state index in [2.05, 4.69) is 4.99 Å². The minimum atomic E-state index is -0.460.